The molecule has 1 aliphatic rings. The number of fused-ring (bicyclic) bond motifs is 3. The van der Waals surface area contributed by atoms with Crippen molar-refractivity contribution in [3.63, 3.8) is 0 Å². The van der Waals surface area contributed by atoms with E-state index >= 15 is 0 Å². The van der Waals surface area contributed by atoms with E-state index in [1.807, 2.05) is 47.0 Å². The predicted molar refractivity (Wildman–Crippen MR) is 129 cm³/mol. The molecule has 1 unspecified atom stereocenters. The molecule has 0 saturated heterocycles. The molecular weight excluding hydrogens is 442 g/mol. The molecule has 0 fully saturated rings. The van der Waals surface area contributed by atoms with Crippen molar-refractivity contribution in [1.29, 1.82) is 0 Å². The molecule has 33 heavy (non-hydrogen) atoms. The first-order valence-corrected chi connectivity index (χ1v) is 11.1. The van der Waals surface area contributed by atoms with E-state index in [0.29, 0.717) is 40.8 Å². The second kappa shape index (κ2) is 8.12. The molecule has 170 valence electrons. The van der Waals surface area contributed by atoms with Gasteiger partial charge in [-0.3, -0.25) is 13.9 Å². The largest absolute Gasteiger partial charge is 0.495 e. The summed E-state index contributed by atoms with van der Waals surface area (Å²) in [4.78, 5) is 33.6. The van der Waals surface area contributed by atoms with Gasteiger partial charge in [0.2, 0.25) is 5.95 Å². The van der Waals surface area contributed by atoms with E-state index in [2.05, 4.69) is 11.8 Å². The monoisotopic (exact) mass is 465 g/mol. The van der Waals surface area contributed by atoms with Gasteiger partial charge in [-0.25, -0.2) is 4.79 Å². The lowest BCUT2D eigenvalue weighted by molar-refractivity contribution is 0.409. The van der Waals surface area contributed by atoms with Gasteiger partial charge in [-0.05, 0) is 29.7 Å². The Labute approximate surface area is 195 Å². The predicted octanol–water partition coefficient (Wildman–Crippen LogP) is 3.39. The Hall–Kier alpha value is -3.52. The Morgan fingerprint density at radius 2 is 1.82 bits per heavy atom. The number of hydrogen-bond acceptors (Lipinski definition) is 5. The second-order valence-electron chi connectivity index (χ2n) is 8.41. The highest BCUT2D eigenvalue weighted by Crippen LogP contribution is 2.37. The number of para-hydroxylation sites is 2. The molecule has 0 bridgehead atoms. The van der Waals surface area contributed by atoms with Gasteiger partial charge in [-0.1, -0.05) is 48.9 Å². The van der Waals surface area contributed by atoms with E-state index in [9.17, 15) is 9.59 Å². The first-order valence-electron chi connectivity index (χ1n) is 10.7. The fraction of sp³-hybridized carbons (Fsp3) is 0.292. The molecule has 3 heterocycles. The third kappa shape index (κ3) is 3.41. The molecule has 0 N–H and O–H groups in total. The maximum Gasteiger partial charge on any atom is 0.332 e. The first-order chi connectivity index (χ1) is 15.9. The standard InChI is InChI=1S/C24H24ClN5O3/c1-15-12-28(18-10-6-7-11-19(18)33-3)23-26-21-20(29(23)13-15)22(31)30(24(32)27(21)2)14-16-8-4-5-9-17(16)25/h4-11,15H,12-14H2,1-3H3. The van der Waals surface area contributed by atoms with Crippen LogP contribution in [0.25, 0.3) is 11.2 Å². The third-order valence-electron chi connectivity index (χ3n) is 6.10. The summed E-state index contributed by atoms with van der Waals surface area (Å²) >= 11 is 6.31. The van der Waals surface area contributed by atoms with E-state index in [4.69, 9.17) is 21.3 Å². The van der Waals surface area contributed by atoms with E-state index in [1.54, 1.807) is 20.2 Å². The van der Waals surface area contributed by atoms with Crippen LogP contribution in [0, 0.1) is 5.92 Å². The fourth-order valence-corrected chi connectivity index (χ4v) is 4.69. The van der Waals surface area contributed by atoms with Gasteiger partial charge in [0.15, 0.2) is 11.2 Å². The zero-order valence-corrected chi connectivity index (χ0v) is 19.4. The molecule has 1 atom stereocenters. The molecule has 9 heteroatoms. The number of ether oxygens (including phenoxy) is 1. The maximum absolute atomic E-state index is 13.6. The van der Waals surface area contributed by atoms with Gasteiger partial charge in [0.1, 0.15) is 5.75 Å². The SMILES string of the molecule is COc1ccccc1N1CC(C)Cn2c1nc1c2c(=O)n(Cc2ccccc2Cl)c(=O)n1C. The van der Waals surface area contributed by atoms with Crippen LogP contribution in [0.2, 0.25) is 5.02 Å². The molecule has 1 aliphatic heterocycles. The van der Waals surface area contributed by atoms with Crippen LogP contribution in [0.5, 0.6) is 5.75 Å². The van der Waals surface area contributed by atoms with E-state index in [1.165, 1.54) is 9.13 Å². The summed E-state index contributed by atoms with van der Waals surface area (Å²) in [5.41, 5.74) is 1.54. The van der Waals surface area contributed by atoms with Crippen molar-refractivity contribution in [2.45, 2.75) is 20.0 Å². The molecule has 0 spiro atoms. The Kier molecular flexibility index (Phi) is 5.25. The average Bonchev–Trinajstić information content (AvgIpc) is 3.20. The normalized spacial score (nSPS) is 15.6. The minimum absolute atomic E-state index is 0.0907. The summed E-state index contributed by atoms with van der Waals surface area (Å²) < 4.78 is 10.2. The molecule has 2 aromatic heterocycles. The zero-order chi connectivity index (χ0) is 23.3. The second-order valence-corrected chi connectivity index (χ2v) is 8.81. The van der Waals surface area contributed by atoms with Crippen LogP contribution in [-0.2, 0) is 20.1 Å². The third-order valence-corrected chi connectivity index (χ3v) is 6.47. The minimum atomic E-state index is -0.431. The van der Waals surface area contributed by atoms with E-state index in [0.717, 1.165) is 11.4 Å². The number of aryl methyl sites for hydroxylation is 1. The molecule has 4 aromatic rings. The highest BCUT2D eigenvalue weighted by atomic mass is 35.5. The number of anilines is 2. The van der Waals surface area contributed by atoms with Crippen molar-refractivity contribution < 1.29 is 4.74 Å². The molecule has 0 saturated carbocycles. The number of methoxy groups -OCH3 is 1. The van der Waals surface area contributed by atoms with E-state index in [-0.39, 0.29) is 18.0 Å². The first kappa shape index (κ1) is 21.3. The van der Waals surface area contributed by atoms with Crippen molar-refractivity contribution in [2.75, 3.05) is 18.6 Å². The lowest BCUT2D eigenvalue weighted by Gasteiger charge is -2.33. The maximum atomic E-state index is 13.6. The van der Waals surface area contributed by atoms with Gasteiger partial charge < -0.3 is 14.2 Å². The van der Waals surface area contributed by atoms with Gasteiger partial charge in [0, 0.05) is 25.2 Å². The van der Waals surface area contributed by atoms with Gasteiger partial charge in [0.05, 0.1) is 19.3 Å². The van der Waals surface area contributed by atoms with Crippen LogP contribution in [0.3, 0.4) is 0 Å². The Morgan fingerprint density at radius 3 is 2.58 bits per heavy atom. The van der Waals surface area contributed by atoms with Gasteiger partial charge in [-0.2, -0.15) is 4.98 Å². The molecule has 0 radical (unpaired) electrons. The van der Waals surface area contributed by atoms with E-state index < -0.39 is 5.69 Å². The van der Waals surface area contributed by atoms with Crippen LogP contribution in [0.15, 0.2) is 58.1 Å². The van der Waals surface area contributed by atoms with Crippen LogP contribution < -0.4 is 20.9 Å². The Morgan fingerprint density at radius 1 is 1.09 bits per heavy atom. The van der Waals surface area contributed by atoms with Crippen molar-refractivity contribution in [2.24, 2.45) is 13.0 Å². The van der Waals surface area contributed by atoms with Crippen molar-refractivity contribution in [3.8, 4) is 5.75 Å². The van der Waals surface area contributed by atoms with Crippen LogP contribution in [-0.4, -0.2) is 32.3 Å². The lowest BCUT2D eigenvalue weighted by Crippen LogP contribution is -2.40. The summed E-state index contributed by atoms with van der Waals surface area (Å²) in [6.45, 7) is 3.55. The van der Waals surface area contributed by atoms with Gasteiger partial charge in [-0.15, -0.1) is 0 Å². The summed E-state index contributed by atoms with van der Waals surface area (Å²) in [5.74, 6) is 1.58. The highest BCUT2D eigenvalue weighted by Gasteiger charge is 2.31. The molecule has 0 aliphatic carbocycles. The number of halogens is 1. The topological polar surface area (TPSA) is 74.3 Å². The number of hydrogen-bond donors (Lipinski definition) is 0. The van der Waals surface area contributed by atoms with Crippen LogP contribution in [0.1, 0.15) is 12.5 Å². The smallest absolute Gasteiger partial charge is 0.332 e. The Bertz CT molecular complexity index is 1490. The van der Waals surface area contributed by atoms with Gasteiger partial charge in [0.25, 0.3) is 5.56 Å². The number of rotatable bonds is 4. The molecule has 0 amide bonds. The quantitative estimate of drug-likeness (QED) is 0.462. The number of aromatic nitrogens is 4. The number of benzene rings is 2. The summed E-state index contributed by atoms with van der Waals surface area (Å²) in [6, 6.07) is 14.9. The summed E-state index contributed by atoms with van der Waals surface area (Å²) in [5, 5.41) is 0.512. The lowest BCUT2D eigenvalue weighted by atomic mass is 10.1. The Balaban J connectivity index is 1.74. The van der Waals surface area contributed by atoms with Crippen molar-refractivity contribution >= 4 is 34.4 Å². The number of imidazole rings is 1. The van der Waals surface area contributed by atoms with Crippen molar-refractivity contribution in [3.05, 3.63) is 80.0 Å². The summed E-state index contributed by atoms with van der Waals surface area (Å²) in [6.07, 6.45) is 0. The molecule has 5 rings (SSSR count). The number of nitrogens with zero attached hydrogens (tertiary/aromatic N) is 5. The van der Waals surface area contributed by atoms with Gasteiger partial charge >= 0.3 is 5.69 Å². The molecule has 2 aromatic carbocycles. The molecule has 8 nitrogen and oxygen atoms in total. The fourth-order valence-electron chi connectivity index (χ4n) is 4.50. The summed E-state index contributed by atoms with van der Waals surface area (Å²) in [7, 11) is 3.27. The van der Waals surface area contributed by atoms with Crippen LogP contribution >= 0.6 is 11.6 Å². The zero-order valence-electron chi connectivity index (χ0n) is 18.7. The minimum Gasteiger partial charge on any atom is -0.495 e. The highest BCUT2D eigenvalue weighted by molar-refractivity contribution is 6.31. The molecular formula is C24H24ClN5O3. The van der Waals surface area contributed by atoms with Crippen LogP contribution in [0.4, 0.5) is 11.6 Å². The average molecular weight is 466 g/mol. The van der Waals surface area contributed by atoms with Crippen molar-refractivity contribution in [1.82, 2.24) is 18.7 Å².